The van der Waals surface area contributed by atoms with Gasteiger partial charge in [-0.05, 0) is 25.7 Å². The Morgan fingerprint density at radius 3 is 1.58 bits per heavy atom. The van der Waals surface area contributed by atoms with Gasteiger partial charge in [0.1, 0.15) is 0 Å². The quantitative estimate of drug-likeness (QED) is 0.343. The Hall–Kier alpha value is -0.790. The van der Waals surface area contributed by atoms with Crippen LogP contribution in [0.3, 0.4) is 0 Å². The van der Waals surface area contributed by atoms with Gasteiger partial charge in [0.15, 0.2) is 0 Å². The lowest BCUT2D eigenvalue weighted by Crippen LogP contribution is -1.94. The minimum absolute atomic E-state index is 0.780. The van der Waals surface area contributed by atoms with E-state index in [0.29, 0.717) is 0 Å². The third-order valence-electron chi connectivity index (χ3n) is 3.53. The molecule has 0 fully saturated rings. The van der Waals surface area contributed by atoms with Crippen molar-refractivity contribution < 1.29 is 9.90 Å². The van der Waals surface area contributed by atoms with E-state index in [2.05, 4.69) is 13.8 Å². The molecule has 0 radical (unpaired) electrons. The summed E-state index contributed by atoms with van der Waals surface area (Å²) in [6.07, 6.45) is 15.9. The van der Waals surface area contributed by atoms with E-state index < -0.39 is 5.97 Å². The number of carboxylic acid groups (broad SMARTS) is 1. The van der Waals surface area contributed by atoms with Crippen molar-refractivity contribution >= 4 is 5.97 Å². The van der Waals surface area contributed by atoms with Gasteiger partial charge in [0.05, 0.1) is 0 Å². The zero-order valence-electron chi connectivity index (χ0n) is 12.9. The molecular weight excluding hydrogens is 236 g/mol. The van der Waals surface area contributed by atoms with Gasteiger partial charge < -0.3 is 5.11 Å². The van der Waals surface area contributed by atoms with Gasteiger partial charge in [0, 0.05) is 6.08 Å². The Bertz CT molecular complexity index is 228. The van der Waals surface area contributed by atoms with Crippen molar-refractivity contribution in [3.63, 3.8) is 0 Å². The molecule has 0 aromatic heterocycles. The van der Waals surface area contributed by atoms with Crippen molar-refractivity contribution in [2.75, 3.05) is 0 Å². The number of unbranched alkanes of at least 4 members (excludes halogenated alkanes) is 8. The summed E-state index contributed by atoms with van der Waals surface area (Å²) in [5.41, 5.74) is 1.14. The Morgan fingerprint density at radius 1 is 0.789 bits per heavy atom. The van der Waals surface area contributed by atoms with Crippen LogP contribution in [0.15, 0.2) is 11.6 Å². The van der Waals surface area contributed by atoms with Crippen LogP contribution < -0.4 is 0 Å². The number of allylic oxidation sites excluding steroid dienone is 1. The Kier molecular flexibility index (Phi) is 13.1. The molecule has 0 unspecified atom stereocenters. The van der Waals surface area contributed by atoms with Crippen molar-refractivity contribution in [3.8, 4) is 0 Å². The van der Waals surface area contributed by atoms with Gasteiger partial charge in [-0.2, -0.15) is 0 Å². The van der Waals surface area contributed by atoms with Crippen molar-refractivity contribution in [1.29, 1.82) is 0 Å². The topological polar surface area (TPSA) is 37.3 Å². The Morgan fingerprint density at radius 2 is 1.21 bits per heavy atom. The van der Waals surface area contributed by atoms with Crippen molar-refractivity contribution in [2.24, 2.45) is 0 Å². The van der Waals surface area contributed by atoms with Crippen molar-refractivity contribution in [3.05, 3.63) is 11.6 Å². The molecule has 0 saturated heterocycles. The summed E-state index contributed by atoms with van der Waals surface area (Å²) in [6.45, 7) is 4.43. The smallest absolute Gasteiger partial charge is 0.328 e. The van der Waals surface area contributed by atoms with Gasteiger partial charge in [0.2, 0.25) is 0 Å². The van der Waals surface area contributed by atoms with Gasteiger partial charge in [-0.3, -0.25) is 0 Å². The number of hydrogen-bond acceptors (Lipinski definition) is 1. The van der Waals surface area contributed by atoms with E-state index in [1.165, 1.54) is 57.4 Å². The molecular formula is C17H32O2. The van der Waals surface area contributed by atoms with Crippen LogP contribution in [0.4, 0.5) is 0 Å². The Balaban J connectivity index is 3.80. The van der Waals surface area contributed by atoms with E-state index in [4.69, 9.17) is 5.11 Å². The summed E-state index contributed by atoms with van der Waals surface area (Å²) in [6, 6.07) is 0. The average Bonchev–Trinajstić information content (AvgIpc) is 2.37. The summed E-state index contributed by atoms with van der Waals surface area (Å²) in [5, 5.41) is 8.89. The summed E-state index contributed by atoms with van der Waals surface area (Å²) >= 11 is 0. The zero-order valence-corrected chi connectivity index (χ0v) is 12.9. The predicted molar refractivity (Wildman–Crippen MR) is 82.5 cm³/mol. The average molecular weight is 268 g/mol. The molecule has 2 heteroatoms. The lowest BCUT2D eigenvalue weighted by molar-refractivity contribution is -0.131. The van der Waals surface area contributed by atoms with Crippen molar-refractivity contribution in [2.45, 2.75) is 90.9 Å². The second kappa shape index (κ2) is 13.6. The largest absolute Gasteiger partial charge is 0.478 e. The van der Waals surface area contributed by atoms with Crippen LogP contribution in [-0.2, 0) is 4.79 Å². The first kappa shape index (κ1) is 18.2. The second-order valence-corrected chi connectivity index (χ2v) is 5.47. The van der Waals surface area contributed by atoms with Crippen molar-refractivity contribution in [1.82, 2.24) is 0 Å². The molecule has 0 heterocycles. The van der Waals surface area contributed by atoms with Gasteiger partial charge in [-0.25, -0.2) is 4.79 Å². The fraction of sp³-hybridized carbons (Fsp3) is 0.824. The molecule has 1 N–H and O–H groups in total. The molecule has 19 heavy (non-hydrogen) atoms. The fourth-order valence-electron chi connectivity index (χ4n) is 2.36. The van der Waals surface area contributed by atoms with Crippen LogP contribution >= 0.6 is 0 Å². The monoisotopic (exact) mass is 268 g/mol. The highest BCUT2D eigenvalue weighted by Gasteiger charge is 2.02. The minimum Gasteiger partial charge on any atom is -0.478 e. The van der Waals surface area contributed by atoms with Crippen LogP contribution in [-0.4, -0.2) is 11.1 Å². The van der Waals surface area contributed by atoms with E-state index in [1.807, 2.05) is 0 Å². The van der Waals surface area contributed by atoms with Crippen LogP contribution in [0.5, 0.6) is 0 Å². The highest BCUT2D eigenvalue weighted by Crippen LogP contribution is 2.18. The lowest BCUT2D eigenvalue weighted by Gasteiger charge is -2.07. The SMILES string of the molecule is CCCCCCCC(=CC(=O)O)CCCCCCC. The maximum absolute atomic E-state index is 10.8. The maximum atomic E-state index is 10.8. The van der Waals surface area contributed by atoms with Gasteiger partial charge >= 0.3 is 5.97 Å². The van der Waals surface area contributed by atoms with Crippen LogP contribution in [0.2, 0.25) is 0 Å². The molecule has 0 atom stereocenters. The highest BCUT2D eigenvalue weighted by molar-refractivity contribution is 5.80. The molecule has 0 aliphatic carbocycles. The molecule has 2 nitrogen and oxygen atoms in total. The minimum atomic E-state index is -0.780. The molecule has 0 aliphatic rings. The third-order valence-corrected chi connectivity index (χ3v) is 3.53. The van der Waals surface area contributed by atoms with Crippen LogP contribution in [0.25, 0.3) is 0 Å². The second-order valence-electron chi connectivity index (χ2n) is 5.47. The number of carbonyl (C=O) groups is 1. The molecule has 0 amide bonds. The number of rotatable bonds is 13. The molecule has 112 valence electrons. The molecule has 0 saturated carbocycles. The van der Waals surface area contributed by atoms with Gasteiger partial charge in [0.25, 0.3) is 0 Å². The first-order chi connectivity index (χ1) is 9.20. The molecule has 0 aromatic rings. The molecule has 0 aromatic carbocycles. The highest BCUT2D eigenvalue weighted by atomic mass is 16.4. The summed E-state index contributed by atoms with van der Waals surface area (Å²) in [4.78, 5) is 10.8. The van der Waals surface area contributed by atoms with E-state index >= 15 is 0 Å². The normalized spacial score (nSPS) is 10.4. The first-order valence-electron chi connectivity index (χ1n) is 8.13. The number of carboxylic acids is 1. The van der Waals surface area contributed by atoms with Gasteiger partial charge in [-0.15, -0.1) is 0 Å². The van der Waals surface area contributed by atoms with Gasteiger partial charge in [-0.1, -0.05) is 70.8 Å². The fourth-order valence-corrected chi connectivity index (χ4v) is 2.36. The summed E-state index contributed by atoms with van der Waals surface area (Å²) in [5.74, 6) is -0.780. The van der Waals surface area contributed by atoms with E-state index in [-0.39, 0.29) is 0 Å². The van der Waals surface area contributed by atoms with E-state index in [0.717, 1.165) is 31.3 Å². The van der Waals surface area contributed by atoms with E-state index in [9.17, 15) is 4.79 Å². The summed E-state index contributed by atoms with van der Waals surface area (Å²) < 4.78 is 0. The Labute approximate surface area is 119 Å². The number of hydrogen-bond donors (Lipinski definition) is 1. The third kappa shape index (κ3) is 13.4. The molecule has 0 aliphatic heterocycles. The molecule has 0 bridgehead atoms. The maximum Gasteiger partial charge on any atom is 0.328 e. The zero-order chi connectivity index (χ0) is 14.3. The van der Waals surface area contributed by atoms with Crippen LogP contribution in [0.1, 0.15) is 90.9 Å². The molecule has 0 rings (SSSR count). The summed E-state index contributed by atoms with van der Waals surface area (Å²) in [7, 11) is 0. The molecule has 0 spiro atoms. The standard InChI is InChI=1S/C17H32O2/c1-3-5-7-9-11-13-16(15-17(18)19)14-12-10-8-6-4-2/h15H,3-14H2,1-2H3,(H,18,19). The first-order valence-corrected chi connectivity index (χ1v) is 8.13. The van der Waals surface area contributed by atoms with E-state index in [1.54, 1.807) is 0 Å². The van der Waals surface area contributed by atoms with Crippen LogP contribution in [0, 0.1) is 0 Å². The lowest BCUT2D eigenvalue weighted by atomic mass is 9.99. The number of aliphatic carboxylic acids is 1. The predicted octanol–water partition coefficient (Wildman–Crippen LogP) is 5.72.